The van der Waals surface area contributed by atoms with Crippen LogP contribution in [0.1, 0.15) is 26.6 Å². The first-order valence-electron chi connectivity index (χ1n) is 10.2. The van der Waals surface area contributed by atoms with Gasteiger partial charge >= 0.3 is 5.97 Å². The summed E-state index contributed by atoms with van der Waals surface area (Å²) >= 11 is 1.38. The van der Waals surface area contributed by atoms with Crippen molar-refractivity contribution in [3.63, 3.8) is 0 Å². The molecule has 4 aromatic rings. The fraction of sp³-hybridized carbons (Fsp3) is 0.115. The Labute approximate surface area is 190 Å². The average molecular weight is 443 g/mol. The molecule has 0 fully saturated rings. The smallest absolute Gasteiger partial charge is 0.338 e. The molecule has 0 saturated heterocycles. The Morgan fingerprint density at radius 3 is 2.34 bits per heavy atom. The Kier molecular flexibility index (Phi) is 6.72. The van der Waals surface area contributed by atoms with Gasteiger partial charge in [0.15, 0.2) is 0 Å². The molecule has 0 saturated carbocycles. The molecule has 0 aliphatic rings. The summed E-state index contributed by atoms with van der Waals surface area (Å²) in [6, 6.07) is 24.9. The highest BCUT2D eigenvalue weighted by atomic mass is 32.1. The van der Waals surface area contributed by atoms with Crippen molar-refractivity contribution in [2.75, 3.05) is 5.32 Å². The molecule has 0 bridgehead atoms. The van der Waals surface area contributed by atoms with Crippen LogP contribution in [0.3, 0.4) is 0 Å². The molecule has 0 radical (unpaired) electrons. The number of esters is 1. The number of nitrogens with zero attached hydrogens (tertiary/aromatic N) is 1. The summed E-state index contributed by atoms with van der Waals surface area (Å²) in [6.45, 7) is 2.01. The molecule has 32 heavy (non-hydrogen) atoms. The van der Waals surface area contributed by atoms with Gasteiger partial charge in [-0.05, 0) is 41.8 Å². The predicted octanol–water partition coefficient (Wildman–Crippen LogP) is 5.66. The maximum atomic E-state index is 12.4. The van der Waals surface area contributed by atoms with Gasteiger partial charge in [0, 0.05) is 11.1 Å². The van der Waals surface area contributed by atoms with E-state index in [0.29, 0.717) is 16.3 Å². The lowest BCUT2D eigenvalue weighted by atomic mass is 10.0. The second-order valence-corrected chi connectivity index (χ2v) is 8.23. The minimum atomic E-state index is -0.406. The molecule has 1 N–H and O–H groups in total. The van der Waals surface area contributed by atoms with Crippen LogP contribution < -0.4 is 5.32 Å². The number of aromatic nitrogens is 1. The maximum Gasteiger partial charge on any atom is 0.338 e. The first kappa shape index (κ1) is 21.5. The van der Waals surface area contributed by atoms with E-state index in [9.17, 15) is 9.59 Å². The third-order valence-corrected chi connectivity index (χ3v) is 5.81. The number of ether oxygens (including phenoxy) is 1. The number of hydrogen-bond donors (Lipinski definition) is 1. The summed E-state index contributed by atoms with van der Waals surface area (Å²) in [7, 11) is 0. The van der Waals surface area contributed by atoms with Crippen molar-refractivity contribution < 1.29 is 14.3 Å². The van der Waals surface area contributed by atoms with Gasteiger partial charge in [-0.1, -0.05) is 60.7 Å². The highest BCUT2D eigenvalue weighted by Crippen LogP contribution is 2.20. The average Bonchev–Trinajstić information content (AvgIpc) is 3.27. The lowest BCUT2D eigenvalue weighted by Crippen LogP contribution is -2.15. The number of carbonyl (C=O) groups excluding carboxylic acids is 2. The lowest BCUT2D eigenvalue weighted by molar-refractivity contribution is -0.115. The van der Waals surface area contributed by atoms with Gasteiger partial charge in [-0.15, -0.1) is 11.3 Å². The number of thiazole rings is 1. The number of para-hydroxylation sites is 1. The fourth-order valence-electron chi connectivity index (χ4n) is 3.19. The number of nitrogens with one attached hydrogen (secondary N) is 1. The lowest BCUT2D eigenvalue weighted by Gasteiger charge is -2.06. The van der Waals surface area contributed by atoms with E-state index in [4.69, 9.17) is 4.74 Å². The minimum Gasteiger partial charge on any atom is -0.456 e. The van der Waals surface area contributed by atoms with E-state index in [2.05, 4.69) is 10.3 Å². The van der Waals surface area contributed by atoms with Crippen molar-refractivity contribution in [2.24, 2.45) is 0 Å². The molecule has 0 aliphatic carbocycles. The summed E-state index contributed by atoms with van der Waals surface area (Å²) in [5.74, 6) is -0.535. The van der Waals surface area contributed by atoms with Crippen molar-refractivity contribution in [3.05, 3.63) is 106 Å². The number of hydrogen-bond acceptors (Lipinski definition) is 5. The van der Waals surface area contributed by atoms with Gasteiger partial charge < -0.3 is 10.1 Å². The molecular formula is C26H22N2O3S. The summed E-state index contributed by atoms with van der Waals surface area (Å²) in [5.41, 5.74) is 5.04. The normalized spacial score (nSPS) is 10.5. The quantitative estimate of drug-likeness (QED) is 0.375. The van der Waals surface area contributed by atoms with Crippen molar-refractivity contribution in [3.8, 4) is 11.1 Å². The largest absolute Gasteiger partial charge is 0.456 e. The molecular weight excluding hydrogens is 420 g/mol. The first-order valence-corrected chi connectivity index (χ1v) is 11.1. The van der Waals surface area contributed by atoms with Crippen LogP contribution >= 0.6 is 11.3 Å². The first-order chi connectivity index (χ1) is 15.6. The van der Waals surface area contributed by atoms with Crippen LogP contribution in [0.25, 0.3) is 11.1 Å². The van der Waals surface area contributed by atoms with Gasteiger partial charge in [-0.25, -0.2) is 9.78 Å². The Morgan fingerprint density at radius 1 is 0.906 bits per heavy atom. The van der Waals surface area contributed by atoms with Crippen molar-refractivity contribution in [1.82, 2.24) is 4.98 Å². The number of amides is 1. The van der Waals surface area contributed by atoms with Gasteiger partial charge in [0.2, 0.25) is 5.91 Å². The second kappa shape index (κ2) is 10.0. The molecule has 6 heteroatoms. The van der Waals surface area contributed by atoms with Crippen LogP contribution in [0.5, 0.6) is 0 Å². The summed E-state index contributed by atoms with van der Waals surface area (Å²) < 4.78 is 5.39. The van der Waals surface area contributed by atoms with E-state index < -0.39 is 5.97 Å². The molecule has 1 heterocycles. The number of anilines is 1. The van der Waals surface area contributed by atoms with Crippen molar-refractivity contribution in [1.29, 1.82) is 0 Å². The number of carbonyl (C=O) groups is 2. The minimum absolute atomic E-state index is 0.0647. The molecule has 1 amide bonds. The van der Waals surface area contributed by atoms with Crippen LogP contribution in [-0.4, -0.2) is 16.9 Å². The zero-order valence-corrected chi connectivity index (χ0v) is 18.4. The topological polar surface area (TPSA) is 68.3 Å². The highest BCUT2D eigenvalue weighted by molar-refractivity contribution is 7.09. The zero-order valence-electron chi connectivity index (χ0n) is 17.6. The van der Waals surface area contributed by atoms with Crippen LogP contribution in [0.15, 0.2) is 84.2 Å². The Morgan fingerprint density at radius 2 is 1.59 bits per heavy atom. The molecule has 4 rings (SSSR count). The van der Waals surface area contributed by atoms with E-state index in [1.165, 1.54) is 11.3 Å². The monoisotopic (exact) mass is 442 g/mol. The summed E-state index contributed by atoms with van der Waals surface area (Å²) in [6.07, 6.45) is 0.174. The van der Waals surface area contributed by atoms with Gasteiger partial charge in [-0.2, -0.15) is 0 Å². The van der Waals surface area contributed by atoms with Crippen molar-refractivity contribution in [2.45, 2.75) is 20.0 Å². The zero-order chi connectivity index (χ0) is 22.3. The third kappa shape index (κ3) is 5.47. The van der Waals surface area contributed by atoms with E-state index in [0.717, 1.165) is 22.4 Å². The summed E-state index contributed by atoms with van der Waals surface area (Å²) in [4.78, 5) is 29.1. The van der Waals surface area contributed by atoms with Gasteiger partial charge in [0.25, 0.3) is 0 Å². The number of aryl methyl sites for hydroxylation is 1. The molecule has 1 aromatic heterocycles. The molecule has 160 valence electrons. The van der Waals surface area contributed by atoms with Crippen LogP contribution in [-0.2, 0) is 22.6 Å². The van der Waals surface area contributed by atoms with E-state index in [1.807, 2.05) is 79.0 Å². The van der Waals surface area contributed by atoms with Gasteiger partial charge in [0.05, 0.1) is 17.7 Å². The Bertz CT molecular complexity index is 1220. The maximum absolute atomic E-state index is 12.4. The molecule has 3 aromatic carbocycles. The predicted molar refractivity (Wildman–Crippen MR) is 127 cm³/mol. The highest BCUT2D eigenvalue weighted by Gasteiger charge is 2.12. The number of rotatable bonds is 7. The van der Waals surface area contributed by atoms with Crippen LogP contribution in [0, 0.1) is 6.92 Å². The molecule has 5 nitrogen and oxygen atoms in total. The van der Waals surface area contributed by atoms with Gasteiger partial charge in [-0.3, -0.25) is 4.79 Å². The van der Waals surface area contributed by atoms with E-state index >= 15 is 0 Å². The third-order valence-electron chi connectivity index (χ3n) is 4.91. The van der Waals surface area contributed by atoms with Crippen LogP contribution in [0.2, 0.25) is 0 Å². The second-order valence-electron chi connectivity index (χ2n) is 7.29. The Balaban J connectivity index is 1.29. The molecule has 0 atom stereocenters. The Hall–Kier alpha value is -3.77. The van der Waals surface area contributed by atoms with Crippen LogP contribution in [0.4, 0.5) is 5.69 Å². The SMILES string of the molecule is Cc1ccccc1NC(=O)Cc1nc(COC(=O)c2ccc(-c3ccccc3)cc2)cs1. The molecule has 0 unspecified atom stereocenters. The van der Waals surface area contributed by atoms with E-state index in [-0.39, 0.29) is 18.9 Å². The summed E-state index contributed by atoms with van der Waals surface area (Å²) in [5, 5.41) is 5.38. The van der Waals surface area contributed by atoms with E-state index in [1.54, 1.807) is 12.1 Å². The van der Waals surface area contributed by atoms with Crippen molar-refractivity contribution >= 4 is 28.9 Å². The standard InChI is InChI=1S/C26H22N2O3S/c1-18-7-5-6-10-23(18)28-24(29)15-25-27-22(17-32-25)16-31-26(30)21-13-11-20(12-14-21)19-8-3-2-4-9-19/h2-14,17H,15-16H2,1H3,(H,28,29). The number of benzene rings is 3. The fourth-order valence-corrected chi connectivity index (χ4v) is 3.97. The van der Waals surface area contributed by atoms with Gasteiger partial charge in [0.1, 0.15) is 11.6 Å². The molecule has 0 spiro atoms. The molecule has 0 aliphatic heterocycles.